The number of carbonyl (C=O) groups is 1. The average molecular weight is 288 g/mol. The Morgan fingerprint density at radius 2 is 1.27 bits per heavy atom. The van der Waals surface area contributed by atoms with Crippen LogP contribution in [0.15, 0.2) is 48.5 Å². The summed E-state index contributed by atoms with van der Waals surface area (Å²) in [5.41, 5.74) is 3.27. The summed E-state index contributed by atoms with van der Waals surface area (Å²) >= 11 is 0. The number of benzene rings is 2. The lowest BCUT2D eigenvalue weighted by molar-refractivity contribution is -0.119. The second-order valence-electron chi connectivity index (χ2n) is 5.16. The molecule has 0 spiro atoms. The van der Waals surface area contributed by atoms with Crippen LogP contribution in [0.5, 0.6) is 0 Å². The second kappa shape index (κ2) is 7.76. The summed E-state index contributed by atoms with van der Waals surface area (Å²) in [6, 6.07) is 18.9. The number of Topliss-reactive ketones (excluding diaryl/α,β-unsaturated/α-hetero) is 1. The number of hydrogen-bond acceptors (Lipinski definition) is 3. The van der Waals surface area contributed by atoms with Crippen molar-refractivity contribution >= 4 is 5.78 Å². The van der Waals surface area contributed by atoms with Crippen LogP contribution in [0.4, 0.5) is 0 Å². The molecule has 0 aromatic heterocycles. The monoisotopic (exact) mass is 288 g/mol. The minimum absolute atomic E-state index is 0.199. The highest BCUT2D eigenvalue weighted by molar-refractivity contribution is 5.78. The van der Waals surface area contributed by atoms with E-state index in [1.54, 1.807) is 12.1 Å². The predicted octanol–water partition coefficient (Wildman–Crippen LogP) is 3.56. The first-order valence-electron chi connectivity index (χ1n) is 7.21. The lowest BCUT2D eigenvalue weighted by atomic mass is 10.0. The quantitative estimate of drug-likeness (QED) is 0.816. The third-order valence-electron chi connectivity index (χ3n) is 3.50. The van der Waals surface area contributed by atoms with E-state index in [0.717, 1.165) is 11.1 Å². The van der Waals surface area contributed by atoms with Crippen LogP contribution in [0.2, 0.25) is 0 Å². The molecule has 0 N–H and O–H groups in total. The molecule has 2 rings (SSSR count). The van der Waals surface area contributed by atoms with Gasteiger partial charge in [-0.05, 0) is 48.2 Å². The molecule has 108 valence electrons. The fourth-order valence-corrected chi connectivity index (χ4v) is 2.29. The molecule has 3 heteroatoms. The first-order chi connectivity index (χ1) is 10.7. The van der Waals surface area contributed by atoms with Crippen LogP contribution in [0.1, 0.15) is 35.1 Å². The number of ketones is 1. The maximum absolute atomic E-state index is 12.0. The molecule has 0 amide bonds. The molecule has 0 saturated heterocycles. The molecule has 2 aromatic rings. The summed E-state index contributed by atoms with van der Waals surface area (Å²) in [5.74, 6) is 0.199. The van der Waals surface area contributed by atoms with Gasteiger partial charge in [-0.2, -0.15) is 10.5 Å². The Labute approximate surface area is 130 Å². The molecule has 0 radical (unpaired) electrons. The molecule has 2 aromatic carbocycles. The van der Waals surface area contributed by atoms with Gasteiger partial charge in [0.25, 0.3) is 0 Å². The Morgan fingerprint density at radius 3 is 1.68 bits per heavy atom. The van der Waals surface area contributed by atoms with Crippen LogP contribution in [-0.2, 0) is 17.6 Å². The van der Waals surface area contributed by atoms with Crippen molar-refractivity contribution in [2.75, 3.05) is 0 Å². The van der Waals surface area contributed by atoms with Crippen molar-refractivity contribution in [1.29, 1.82) is 10.5 Å². The van der Waals surface area contributed by atoms with Gasteiger partial charge in [0.15, 0.2) is 0 Å². The van der Waals surface area contributed by atoms with Crippen LogP contribution in [0.25, 0.3) is 0 Å². The number of nitriles is 2. The summed E-state index contributed by atoms with van der Waals surface area (Å²) in [6.07, 6.45) is 2.28. The molecule has 22 heavy (non-hydrogen) atoms. The third-order valence-corrected chi connectivity index (χ3v) is 3.50. The fraction of sp³-hybridized carbons (Fsp3) is 0.211. The molecular weight excluding hydrogens is 272 g/mol. The van der Waals surface area contributed by atoms with Crippen molar-refractivity contribution in [3.05, 3.63) is 70.8 Å². The number of rotatable bonds is 6. The van der Waals surface area contributed by atoms with Gasteiger partial charge in [-0.25, -0.2) is 0 Å². The van der Waals surface area contributed by atoms with Gasteiger partial charge in [-0.3, -0.25) is 4.79 Å². The largest absolute Gasteiger partial charge is 0.300 e. The smallest absolute Gasteiger partial charge is 0.133 e. The maximum atomic E-state index is 12.0. The first kappa shape index (κ1) is 15.5. The highest BCUT2D eigenvalue weighted by Gasteiger charge is 2.05. The van der Waals surface area contributed by atoms with Crippen LogP contribution in [0.3, 0.4) is 0 Å². The van der Waals surface area contributed by atoms with E-state index in [1.807, 2.05) is 36.4 Å². The molecule has 0 aliphatic heterocycles. The van der Waals surface area contributed by atoms with E-state index in [2.05, 4.69) is 12.1 Å². The van der Waals surface area contributed by atoms with Crippen LogP contribution >= 0.6 is 0 Å². The Hall–Kier alpha value is -2.91. The van der Waals surface area contributed by atoms with Crippen molar-refractivity contribution in [1.82, 2.24) is 0 Å². The predicted molar refractivity (Wildman–Crippen MR) is 84.0 cm³/mol. The van der Waals surface area contributed by atoms with E-state index in [9.17, 15) is 4.79 Å². The van der Waals surface area contributed by atoms with Crippen LogP contribution in [-0.4, -0.2) is 5.78 Å². The van der Waals surface area contributed by atoms with E-state index in [4.69, 9.17) is 10.5 Å². The molecule has 0 unspecified atom stereocenters. The molecule has 0 aliphatic rings. The molecule has 0 heterocycles. The van der Waals surface area contributed by atoms with Crippen molar-refractivity contribution in [2.24, 2.45) is 0 Å². The number of hydrogen-bond donors (Lipinski definition) is 0. The Balaban J connectivity index is 1.83. The van der Waals surface area contributed by atoms with Gasteiger partial charge in [0, 0.05) is 12.8 Å². The summed E-state index contributed by atoms with van der Waals surface area (Å²) in [5, 5.41) is 17.7. The molecule has 3 nitrogen and oxygen atoms in total. The molecule has 0 bridgehead atoms. The third kappa shape index (κ3) is 4.58. The maximum Gasteiger partial charge on any atom is 0.133 e. The highest BCUT2D eigenvalue weighted by atomic mass is 16.1. The Bertz CT molecular complexity index is 687. The number of carbonyl (C=O) groups excluding carboxylic acids is 1. The topological polar surface area (TPSA) is 64.7 Å². The fourth-order valence-electron chi connectivity index (χ4n) is 2.29. The highest BCUT2D eigenvalue weighted by Crippen LogP contribution is 2.10. The lowest BCUT2D eigenvalue weighted by Gasteiger charge is -2.03. The number of aryl methyl sites for hydroxylation is 2. The molecular formula is C19H16N2O. The first-order valence-corrected chi connectivity index (χ1v) is 7.21. The van der Waals surface area contributed by atoms with Crippen LogP contribution < -0.4 is 0 Å². The zero-order valence-corrected chi connectivity index (χ0v) is 12.2. The van der Waals surface area contributed by atoms with Gasteiger partial charge in [-0.15, -0.1) is 0 Å². The minimum atomic E-state index is 0.199. The SMILES string of the molecule is N#Cc1cccc(CCC(=O)CCc2cccc(C#N)c2)c1. The average Bonchev–Trinajstić information content (AvgIpc) is 2.58. The zero-order valence-electron chi connectivity index (χ0n) is 12.2. The molecule has 0 fully saturated rings. The molecule has 0 aliphatic carbocycles. The zero-order chi connectivity index (χ0) is 15.8. The Kier molecular flexibility index (Phi) is 5.46. The second-order valence-corrected chi connectivity index (χ2v) is 5.16. The van der Waals surface area contributed by atoms with Crippen LogP contribution in [0, 0.1) is 22.7 Å². The van der Waals surface area contributed by atoms with E-state index >= 15 is 0 Å². The summed E-state index contributed by atoms with van der Waals surface area (Å²) in [4.78, 5) is 12.0. The van der Waals surface area contributed by atoms with Gasteiger partial charge in [0.1, 0.15) is 5.78 Å². The van der Waals surface area contributed by atoms with E-state index < -0.39 is 0 Å². The lowest BCUT2D eigenvalue weighted by Crippen LogP contribution is -2.02. The van der Waals surface area contributed by atoms with Crippen molar-refractivity contribution in [2.45, 2.75) is 25.7 Å². The van der Waals surface area contributed by atoms with Gasteiger partial charge < -0.3 is 0 Å². The number of nitrogens with zero attached hydrogens (tertiary/aromatic N) is 2. The van der Waals surface area contributed by atoms with Crippen molar-refractivity contribution in [3.63, 3.8) is 0 Å². The Morgan fingerprint density at radius 1 is 0.818 bits per heavy atom. The van der Waals surface area contributed by atoms with E-state index in [1.165, 1.54) is 0 Å². The summed E-state index contributed by atoms with van der Waals surface area (Å²) in [6.45, 7) is 0. The van der Waals surface area contributed by atoms with Crippen molar-refractivity contribution < 1.29 is 4.79 Å². The molecule has 0 saturated carbocycles. The summed E-state index contributed by atoms with van der Waals surface area (Å²) < 4.78 is 0. The standard InChI is InChI=1S/C19H16N2O/c20-13-17-5-1-3-15(11-17)7-9-19(22)10-8-16-4-2-6-18(12-16)14-21/h1-6,11-12H,7-10H2. The molecule has 0 atom stereocenters. The van der Waals surface area contributed by atoms with Gasteiger partial charge in [0.2, 0.25) is 0 Å². The normalized spacial score (nSPS) is 9.73. The van der Waals surface area contributed by atoms with E-state index in [0.29, 0.717) is 36.8 Å². The minimum Gasteiger partial charge on any atom is -0.300 e. The van der Waals surface area contributed by atoms with Crippen molar-refractivity contribution in [3.8, 4) is 12.1 Å². The van der Waals surface area contributed by atoms with Gasteiger partial charge in [-0.1, -0.05) is 24.3 Å². The van der Waals surface area contributed by atoms with E-state index in [-0.39, 0.29) is 5.78 Å². The van der Waals surface area contributed by atoms with Gasteiger partial charge in [0.05, 0.1) is 23.3 Å². The van der Waals surface area contributed by atoms with Gasteiger partial charge >= 0.3 is 0 Å². The summed E-state index contributed by atoms with van der Waals surface area (Å²) in [7, 11) is 0.